The molecular formula is C19H21FN4O4. The van der Waals surface area contributed by atoms with E-state index in [1.807, 2.05) is 0 Å². The van der Waals surface area contributed by atoms with Crippen LogP contribution in [-0.2, 0) is 11.3 Å². The summed E-state index contributed by atoms with van der Waals surface area (Å²) in [6, 6.07) is 10.8. The number of benzene rings is 2. The van der Waals surface area contributed by atoms with Gasteiger partial charge in [-0.1, -0.05) is 24.3 Å². The third kappa shape index (κ3) is 5.76. The molecule has 2 aromatic rings. The largest absolute Gasteiger partial charge is 0.337 e. The Morgan fingerprint density at radius 2 is 1.86 bits per heavy atom. The summed E-state index contributed by atoms with van der Waals surface area (Å²) in [7, 11) is 1.56. The molecule has 3 amide bonds. The molecule has 148 valence electrons. The van der Waals surface area contributed by atoms with Crippen LogP contribution in [0.15, 0.2) is 48.5 Å². The summed E-state index contributed by atoms with van der Waals surface area (Å²) in [4.78, 5) is 35.9. The lowest BCUT2D eigenvalue weighted by Gasteiger charge is -2.25. The first-order valence-corrected chi connectivity index (χ1v) is 8.54. The van der Waals surface area contributed by atoms with Crippen LogP contribution in [-0.4, -0.2) is 35.4 Å². The highest BCUT2D eigenvalue weighted by Gasteiger charge is 2.19. The molecule has 0 radical (unpaired) electrons. The number of non-ortho nitro benzene ring substituents is 1. The molecule has 0 spiro atoms. The maximum Gasteiger partial charge on any atom is 0.315 e. The zero-order chi connectivity index (χ0) is 20.7. The lowest BCUT2D eigenvalue weighted by atomic mass is 10.1. The van der Waals surface area contributed by atoms with E-state index < -0.39 is 17.0 Å². The molecule has 0 saturated heterocycles. The predicted molar refractivity (Wildman–Crippen MR) is 101 cm³/mol. The van der Waals surface area contributed by atoms with Crippen LogP contribution in [0.4, 0.5) is 14.9 Å². The van der Waals surface area contributed by atoms with Gasteiger partial charge < -0.3 is 15.5 Å². The number of nitrogens with one attached hydrogen (secondary N) is 2. The van der Waals surface area contributed by atoms with E-state index >= 15 is 0 Å². The first-order valence-electron chi connectivity index (χ1n) is 8.54. The van der Waals surface area contributed by atoms with Gasteiger partial charge in [0.25, 0.3) is 5.69 Å². The second-order valence-corrected chi connectivity index (χ2v) is 6.20. The minimum absolute atomic E-state index is 0.0523. The van der Waals surface area contributed by atoms with Crippen LogP contribution in [0.5, 0.6) is 0 Å². The standard InChI is InChI=1S/C19H21FN4O4/c1-13(15-4-3-5-17(10-15)24(27)28)23(2)18(25)12-22-19(26)21-11-14-6-8-16(20)9-7-14/h3-10,13H,11-12H2,1-2H3,(H2,21,22,26). The van der Waals surface area contributed by atoms with E-state index in [0.717, 1.165) is 5.56 Å². The van der Waals surface area contributed by atoms with Crippen molar-refractivity contribution in [3.63, 3.8) is 0 Å². The Kier molecular flexibility index (Phi) is 7.02. The summed E-state index contributed by atoms with van der Waals surface area (Å²) in [6.45, 7) is 1.71. The fraction of sp³-hybridized carbons (Fsp3) is 0.263. The Labute approximate surface area is 161 Å². The number of halogens is 1. The van der Waals surface area contributed by atoms with E-state index in [0.29, 0.717) is 5.56 Å². The number of nitro benzene ring substituents is 1. The maximum atomic E-state index is 12.8. The van der Waals surface area contributed by atoms with Crippen molar-refractivity contribution < 1.29 is 18.9 Å². The van der Waals surface area contributed by atoms with E-state index in [9.17, 15) is 24.1 Å². The number of rotatable bonds is 7. The van der Waals surface area contributed by atoms with Gasteiger partial charge in [-0.15, -0.1) is 0 Å². The average Bonchev–Trinajstić information content (AvgIpc) is 2.70. The molecule has 9 heteroatoms. The van der Waals surface area contributed by atoms with Gasteiger partial charge in [0.15, 0.2) is 0 Å². The number of carbonyl (C=O) groups is 2. The van der Waals surface area contributed by atoms with Crippen molar-refractivity contribution in [2.75, 3.05) is 13.6 Å². The summed E-state index contributed by atoms with van der Waals surface area (Å²) in [5.41, 5.74) is 1.29. The van der Waals surface area contributed by atoms with Crippen LogP contribution in [0.25, 0.3) is 0 Å². The first-order chi connectivity index (χ1) is 13.3. The van der Waals surface area contributed by atoms with E-state index in [1.54, 1.807) is 38.2 Å². The molecule has 0 heterocycles. The number of hydrogen-bond donors (Lipinski definition) is 2. The van der Waals surface area contributed by atoms with Gasteiger partial charge in [-0.05, 0) is 30.2 Å². The molecule has 0 bridgehead atoms. The lowest BCUT2D eigenvalue weighted by Crippen LogP contribution is -2.43. The normalized spacial score (nSPS) is 11.4. The molecule has 2 rings (SSSR count). The number of nitrogens with zero attached hydrogens (tertiary/aromatic N) is 2. The molecule has 8 nitrogen and oxygen atoms in total. The van der Waals surface area contributed by atoms with E-state index in [4.69, 9.17) is 0 Å². The summed E-state index contributed by atoms with van der Waals surface area (Å²) in [5.74, 6) is -0.712. The predicted octanol–water partition coefficient (Wildman–Crippen LogP) is 2.75. The molecule has 28 heavy (non-hydrogen) atoms. The van der Waals surface area contributed by atoms with Gasteiger partial charge in [0, 0.05) is 25.7 Å². The summed E-state index contributed by atoms with van der Waals surface area (Å²) >= 11 is 0. The number of amides is 3. The summed E-state index contributed by atoms with van der Waals surface area (Å²) in [6.07, 6.45) is 0. The maximum absolute atomic E-state index is 12.8. The van der Waals surface area contributed by atoms with Gasteiger partial charge in [-0.25, -0.2) is 9.18 Å². The van der Waals surface area contributed by atoms with Crippen LogP contribution in [0.2, 0.25) is 0 Å². The molecule has 0 aliphatic carbocycles. The molecule has 2 aromatic carbocycles. The molecule has 2 N–H and O–H groups in total. The number of hydrogen-bond acceptors (Lipinski definition) is 4. The molecule has 1 unspecified atom stereocenters. The Hall–Kier alpha value is -3.49. The Morgan fingerprint density at radius 3 is 2.50 bits per heavy atom. The van der Waals surface area contributed by atoms with E-state index in [1.165, 1.54) is 29.2 Å². The van der Waals surface area contributed by atoms with Gasteiger partial charge in [0.2, 0.25) is 5.91 Å². The number of carbonyl (C=O) groups excluding carboxylic acids is 2. The van der Waals surface area contributed by atoms with Crippen molar-refractivity contribution in [2.45, 2.75) is 19.5 Å². The summed E-state index contributed by atoms with van der Waals surface area (Å²) in [5, 5.41) is 15.9. The highest BCUT2D eigenvalue weighted by Crippen LogP contribution is 2.22. The highest BCUT2D eigenvalue weighted by molar-refractivity contribution is 5.84. The molecule has 0 aliphatic heterocycles. The van der Waals surface area contributed by atoms with Gasteiger partial charge in [0.1, 0.15) is 5.82 Å². The minimum Gasteiger partial charge on any atom is -0.337 e. The zero-order valence-electron chi connectivity index (χ0n) is 15.5. The second kappa shape index (κ2) is 9.45. The van der Waals surface area contributed by atoms with Crippen molar-refractivity contribution >= 4 is 17.6 Å². The third-order valence-electron chi connectivity index (χ3n) is 4.30. The van der Waals surface area contributed by atoms with Gasteiger partial charge in [0.05, 0.1) is 17.5 Å². The molecule has 0 fully saturated rings. The van der Waals surface area contributed by atoms with E-state index in [-0.39, 0.29) is 30.5 Å². The van der Waals surface area contributed by atoms with Gasteiger partial charge in [-0.2, -0.15) is 0 Å². The fourth-order valence-electron chi connectivity index (χ4n) is 2.47. The number of likely N-dealkylation sites (N-methyl/N-ethyl adjacent to an activating group) is 1. The molecule has 1 atom stereocenters. The Balaban J connectivity index is 1.84. The zero-order valence-corrected chi connectivity index (χ0v) is 15.5. The quantitative estimate of drug-likeness (QED) is 0.562. The molecule has 0 aromatic heterocycles. The van der Waals surface area contributed by atoms with Gasteiger partial charge >= 0.3 is 6.03 Å². The van der Waals surface area contributed by atoms with Crippen LogP contribution in [0, 0.1) is 15.9 Å². The third-order valence-corrected chi connectivity index (χ3v) is 4.30. The SMILES string of the molecule is CC(c1cccc([N+](=O)[O-])c1)N(C)C(=O)CNC(=O)NCc1ccc(F)cc1. The summed E-state index contributed by atoms with van der Waals surface area (Å²) < 4.78 is 12.8. The van der Waals surface area contributed by atoms with Crippen molar-refractivity contribution in [3.05, 3.63) is 75.6 Å². The van der Waals surface area contributed by atoms with Crippen molar-refractivity contribution in [1.82, 2.24) is 15.5 Å². The Morgan fingerprint density at radius 1 is 1.18 bits per heavy atom. The smallest absolute Gasteiger partial charge is 0.315 e. The van der Waals surface area contributed by atoms with Crippen LogP contribution < -0.4 is 10.6 Å². The fourth-order valence-corrected chi connectivity index (χ4v) is 2.47. The number of nitro groups is 1. The molecule has 0 saturated carbocycles. The lowest BCUT2D eigenvalue weighted by molar-refractivity contribution is -0.384. The topological polar surface area (TPSA) is 105 Å². The van der Waals surface area contributed by atoms with Crippen LogP contribution in [0.1, 0.15) is 24.1 Å². The first kappa shape index (κ1) is 20.8. The monoisotopic (exact) mass is 388 g/mol. The minimum atomic E-state index is -0.533. The number of urea groups is 1. The van der Waals surface area contributed by atoms with Crippen LogP contribution >= 0.6 is 0 Å². The molecular weight excluding hydrogens is 367 g/mol. The highest BCUT2D eigenvalue weighted by atomic mass is 19.1. The van der Waals surface area contributed by atoms with Crippen molar-refractivity contribution in [3.8, 4) is 0 Å². The average molecular weight is 388 g/mol. The van der Waals surface area contributed by atoms with Gasteiger partial charge in [-0.3, -0.25) is 14.9 Å². The van der Waals surface area contributed by atoms with Crippen molar-refractivity contribution in [1.29, 1.82) is 0 Å². The van der Waals surface area contributed by atoms with Crippen LogP contribution in [0.3, 0.4) is 0 Å². The van der Waals surface area contributed by atoms with Crippen molar-refractivity contribution in [2.24, 2.45) is 0 Å². The molecule has 0 aliphatic rings. The van der Waals surface area contributed by atoms with E-state index in [2.05, 4.69) is 10.6 Å². The Bertz CT molecular complexity index is 857. The second-order valence-electron chi connectivity index (χ2n) is 6.20.